The Labute approximate surface area is 154 Å². The monoisotopic (exact) mass is 370 g/mol. The highest BCUT2D eigenvalue weighted by Crippen LogP contribution is 2.30. The first-order valence-electron chi connectivity index (χ1n) is 8.16. The van der Waals surface area contributed by atoms with Crippen molar-refractivity contribution >= 4 is 33.7 Å². The van der Waals surface area contributed by atoms with E-state index in [2.05, 4.69) is 32.7 Å². The van der Waals surface area contributed by atoms with Gasteiger partial charge in [-0.15, -0.1) is 22.7 Å². The molecule has 1 aliphatic heterocycles. The van der Waals surface area contributed by atoms with Gasteiger partial charge < -0.3 is 5.32 Å². The predicted octanol–water partition coefficient (Wildman–Crippen LogP) is 3.78. The second-order valence-electron chi connectivity index (χ2n) is 6.04. The van der Waals surface area contributed by atoms with Crippen LogP contribution in [0.4, 0.5) is 5.13 Å². The van der Waals surface area contributed by atoms with Crippen molar-refractivity contribution in [2.45, 2.75) is 26.4 Å². The largest absolute Gasteiger partial charge is 0.302 e. The molecule has 0 saturated heterocycles. The summed E-state index contributed by atoms with van der Waals surface area (Å²) in [5, 5.41) is 6.71. The maximum Gasteiger partial charge on any atom is 0.223 e. The van der Waals surface area contributed by atoms with Crippen LogP contribution in [0.5, 0.6) is 0 Å². The molecule has 1 N–H and O–H groups in total. The van der Waals surface area contributed by atoms with E-state index in [1.165, 1.54) is 17.4 Å². The van der Waals surface area contributed by atoms with E-state index in [0.717, 1.165) is 42.5 Å². The number of hydrogen-bond donors (Lipinski definition) is 1. The van der Waals surface area contributed by atoms with E-state index in [9.17, 15) is 4.79 Å². The normalized spacial score (nSPS) is 14.3. The smallest absolute Gasteiger partial charge is 0.223 e. The number of anilines is 1. The molecule has 0 radical (unpaired) electrons. The fraction of sp³-hybridized carbons (Fsp3) is 0.278. The summed E-state index contributed by atoms with van der Waals surface area (Å²) >= 11 is 3.27. The van der Waals surface area contributed by atoms with Crippen LogP contribution in [0.3, 0.4) is 0 Å². The average molecular weight is 371 g/mol. The van der Waals surface area contributed by atoms with Crippen LogP contribution < -0.4 is 5.32 Å². The van der Waals surface area contributed by atoms with Gasteiger partial charge in [-0.1, -0.05) is 30.3 Å². The van der Waals surface area contributed by atoms with Gasteiger partial charge in [0.2, 0.25) is 5.91 Å². The molecule has 0 saturated carbocycles. The van der Waals surface area contributed by atoms with Crippen molar-refractivity contribution in [1.29, 1.82) is 0 Å². The first-order chi connectivity index (χ1) is 12.2. The number of hydrogen-bond acceptors (Lipinski definition) is 6. The topological polar surface area (TPSA) is 58.1 Å². The summed E-state index contributed by atoms with van der Waals surface area (Å²) in [5.41, 5.74) is 3.40. The Bertz CT molecular complexity index is 888. The van der Waals surface area contributed by atoms with Crippen LogP contribution in [0.25, 0.3) is 10.6 Å². The van der Waals surface area contributed by atoms with Crippen LogP contribution in [-0.4, -0.2) is 27.3 Å². The molecule has 3 aromatic rings. The summed E-state index contributed by atoms with van der Waals surface area (Å²) in [5.74, 6) is -0.0705. The van der Waals surface area contributed by atoms with Gasteiger partial charge in [0.25, 0.3) is 0 Å². The maximum atomic E-state index is 11.2. The van der Waals surface area contributed by atoms with E-state index in [-0.39, 0.29) is 5.91 Å². The Morgan fingerprint density at radius 2 is 2.12 bits per heavy atom. The maximum absolute atomic E-state index is 11.2. The van der Waals surface area contributed by atoms with Crippen molar-refractivity contribution in [2.75, 3.05) is 11.9 Å². The van der Waals surface area contributed by atoms with Crippen molar-refractivity contribution in [3.8, 4) is 10.6 Å². The van der Waals surface area contributed by atoms with Crippen molar-refractivity contribution in [3.63, 3.8) is 0 Å². The third-order valence-corrected chi connectivity index (χ3v) is 5.99. The highest BCUT2D eigenvalue weighted by Gasteiger charge is 2.21. The van der Waals surface area contributed by atoms with Gasteiger partial charge in [0.1, 0.15) is 5.01 Å². The van der Waals surface area contributed by atoms with E-state index < -0.39 is 0 Å². The second kappa shape index (κ2) is 7.03. The molecular weight excluding hydrogens is 352 g/mol. The van der Waals surface area contributed by atoms with Crippen LogP contribution in [0.1, 0.15) is 23.2 Å². The lowest BCUT2D eigenvalue weighted by molar-refractivity contribution is -0.114. The fourth-order valence-electron chi connectivity index (χ4n) is 2.91. The van der Waals surface area contributed by atoms with Crippen LogP contribution in [0.15, 0.2) is 35.7 Å². The summed E-state index contributed by atoms with van der Waals surface area (Å²) in [7, 11) is 0. The van der Waals surface area contributed by atoms with E-state index in [4.69, 9.17) is 4.98 Å². The number of amides is 1. The zero-order chi connectivity index (χ0) is 17.2. The van der Waals surface area contributed by atoms with Crippen LogP contribution in [0.2, 0.25) is 0 Å². The van der Waals surface area contributed by atoms with Gasteiger partial charge in [-0.2, -0.15) is 0 Å². The van der Waals surface area contributed by atoms with E-state index >= 15 is 0 Å². The Balaban J connectivity index is 1.43. The Hall–Kier alpha value is -2.09. The summed E-state index contributed by atoms with van der Waals surface area (Å²) in [6.07, 6.45) is 0.918. The predicted molar refractivity (Wildman–Crippen MR) is 102 cm³/mol. The number of aromatic nitrogens is 2. The van der Waals surface area contributed by atoms with E-state index in [0.29, 0.717) is 5.13 Å². The van der Waals surface area contributed by atoms with Crippen LogP contribution in [-0.2, 0) is 24.3 Å². The quantitative estimate of drug-likeness (QED) is 0.759. The molecule has 0 unspecified atom stereocenters. The molecule has 25 heavy (non-hydrogen) atoms. The number of thiazole rings is 2. The summed E-state index contributed by atoms with van der Waals surface area (Å²) in [4.78, 5) is 24.1. The molecular formula is C18H18N4OS2. The molecule has 128 valence electrons. The Morgan fingerprint density at radius 3 is 2.92 bits per heavy atom. The second-order valence-corrected chi connectivity index (χ2v) is 7.98. The lowest BCUT2D eigenvalue weighted by Gasteiger charge is -2.24. The van der Waals surface area contributed by atoms with Gasteiger partial charge in [-0.3, -0.25) is 9.69 Å². The molecule has 4 rings (SSSR count). The molecule has 3 heterocycles. The molecule has 5 nitrogen and oxygen atoms in total. The van der Waals surface area contributed by atoms with Crippen molar-refractivity contribution < 1.29 is 4.79 Å². The molecule has 7 heteroatoms. The molecule has 1 amide bonds. The van der Waals surface area contributed by atoms with E-state index in [1.54, 1.807) is 22.7 Å². The molecule has 1 aromatic carbocycles. The van der Waals surface area contributed by atoms with Gasteiger partial charge in [0, 0.05) is 48.8 Å². The van der Waals surface area contributed by atoms with Crippen molar-refractivity contribution in [2.24, 2.45) is 0 Å². The molecule has 2 aromatic heterocycles. The van der Waals surface area contributed by atoms with E-state index in [1.807, 2.05) is 18.2 Å². The first kappa shape index (κ1) is 16.4. The zero-order valence-corrected chi connectivity index (χ0v) is 15.5. The minimum atomic E-state index is -0.0705. The molecule has 0 aliphatic carbocycles. The molecule has 0 bridgehead atoms. The molecule has 0 spiro atoms. The first-order valence-corrected chi connectivity index (χ1v) is 9.85. The van der Waals surface area contributed by atoms with Crippen LogP contribution >= 0.6 is 22.7 Å². The molecule has 0 atom stereocenters. The number of benzene rings is 1. The zero-order valence-electron chi connectivity index (χ0n) is 13.9. The standard InChI is InChI=1S/C18H18N4OS2/c1-12(23)19-18-21-15-7-8-22(10-16(15)25-18)9-14-11-24-17(20-14)13-5-3-2-4-6-13/h2-6,11H,7-10H2,1H3,(H,19,21,23). The molecule has 0 fully saturated rings. The lowest BCUT2D eigenvalue weighted by atomic mass is 10.2. The highest BCUT2D eigenvalue weighted by atomic mass is 32.1. The number of carbonyl (C=O) groups excluding carboxylic acids is 1. The van der Waals surface area contributed by atoms with Crippen LogP contribution in [0, 0.1) is 0 Å². The SMILES string of the molecule is CC(=O)Nc1nc2c(s1)CN(Cc1csc(-c3ccccc3)n1)CC2. The van der Waals surface area contributed by atoms with Gasteiger partial charge in [0.05, 0.1) is 11.4 Å². The average Bonchev–Trinajstić information content (AvgIpc) is 3.21. The highest BCUT2D eigenvalue weighted by molar-refractivity contribution is 7.15. The van der Waals surface area contributed by atoms with Gasteiger partial charge in [-0.05, 0) is 0 Å². The van der Waals surface area contributed by atoms with Crippen molar-refractivity contribution in [3.05, 3.63) is 52.0 Å². The number of carbonyl (C=O) groups is 1. The summed E-state index contributed by atoms with van der Waals surface area (Å²) in [6, 6.07) is 10.3. The van der Waals surface area contributed by atoms with Crippen molar-refractivity contribution in [1.82, 2.24) is 14.9 Å². The number of fused-ring (bicyclic) bond motifs is 1. The number of rotatable bonds is 4. The third kappa shape index (κ3) is 3.78. The minimum absolute atomic E-state index is 0.0705. The summed E-state index contributed by atoms with van der Waals surface area (Å²) < 4.78 is 0. The molecule has 1 aliphatic rings. The number of nitrogens with zero attached hydrogens (tertiary/aromatic N) is 3. The lowest BCUT2D eigenvalue weighted by Crippen LogP contribution is -2.29. The minimum Gasteiger partial charge on any atom is -0.302 e. The third-order valence-electron chi connectivity index (χ3n) is 4.05. The number of nitrogens with one attached hydrogen (secondary N) is 1. The fourth-order valence-corrected chi connectivity index (χ4v) is 4.82. The van der Waals surface area contributed by atoms with Gasteiger partial charge >= 0.3 is 0 Å². The Kier molecular flexibility index (Phi) is 4.61. The summed E-state index contributed by atoms with van der Waals surface area (Å²) in [6.45, 7) is 4.19. The Morgan fingerprint density at radius 1 is 1.28 bits per heavy atom. The van der Waals surface area contributed by atoms with Gasteiger partial charge in [0.15, 0.2) is 5.13 Å². The van der Waals surface area contributed by atoms with Gasteiger partial charge in [-0.25, -0.2) is 9.97 Å².